The van der Waals surface area contributed by atoms with Crippen molar-refractivity contribution in [2.45, 2.75) is 49.1 Å². The number of aliphatic hydroxyl groups is 5. The Kier molecular flexibility index (Phi) is 6.39. The lowest BCUT2D eigenvalue weighted by molar-refractivity contribution is -0.0618. The molecule has 5 heterocycles. The van der Waals surface area contributed by atoms with Gasteiger partial charge in [-0.15, -0.1) is 0 Å². The van der Waals surface area contributed by atoms with Crippen LogP contribution in [0.1, 0.15) is 12.5 Å². The lowest BCUT2D eigenvalue weighted by atomic mass is 10.1. The quantitative estimate of drug-likeness (QED) is 0.223. The number of fused-ring (bicyclic) bond motifs is 3. The summed E-state index contributed by atoms with van der Waals surface area (Å²) in [6.45, 7) is -0.760. The van der Waals surface area contributed by atoms with Crippen LogP contribution in [-0.2, 0) is 9.47 Å². The van der Waals surface area contributed by atoms with E-state index < -0.39 is 66.9 Å². The standard InChI is InChI=1S/C9H11N3O4.C8H11N3O6/c10-5-1-2-12-8-7(16-9(12)11-5)6(14)4(3-13)15-8;12-2-3-5(14)6(15)7(17-3)11-8(16)10-4(13)1-9-11/h1-2,4,6-8,10,13-14H,3H2;1,3,5-7,12,14-15H,2H2,(H,10,13,16)/t4-,6-,7+,8-;3-,5-,6-,7-/m11/s1. The van der Waals surface area contributed by atoms with E-state index >= 15 is 0 Å². The molecule has 16 nitrogen and oxygen atoms in total. The van der Waals surface area contributed by atoms with Crippen molar-refractivity contribution in [1.82, 2.24) is 24.3 Å². The van der Waals surface area contributed by atoms with Gasteiger partial charge in [-0.3, -0.25) is 19.8 Å². The maximum Gasteiger partial charge on any atom is 0.347 e. The largest absolute Gasteiger partial charge is 0.454 e. The van der Waals surface area contributed by atoms with E-state index in [9.17, 15) is 24.9 Å². The van der Waals surface area contributed by atoms with Gasteiger partial charge in [0.2, 0.25) is 0 Å². The van der Waals surface area contributed by atoms with Crippen molar-refractivity contribution in [2.75, 3.05) is 13.2 Å². The minimum atomic E-state index is -1.41. The van der Waals surface area contributed by atoms with Gasteiger partial charge in [0, 0.05) is 6.20 Å². The molecule has 16 heteroatoms. The fourth-order valence-electron chi connectivity index (χ4n) is 3.66. The predicted molar refractivity (Wildman–Crippen MR) is 102 cm³/mol. The van der Waals surface area contributed by atoms with Crippen molar-refractivity contribution >= 4 is 0 Å². The normalized spacial score (nSPS) is 34.2. The van der Waals surface area contributed by atoms with E-state index in [1.54, 1.807) is 10.8 Å². The van der Waals surface area contributed by atoms with Gasteiger partial charge < -0.3 is 39.7 Å². The zero-order valence-corrected chi connectivity index (χ0v) is 16.8. The molecular formula is C17H22N6O10. The summed E-state index contributed by atoms with van der Waals surface area (Å²) in [5.74, 6) is 0. The summed E-state index contributed by atoms with van der Waals surface area (Å²) >= 11 is 0. The van der Waals surface area contributed by atoms with Crippen LogP contribution in [0.4, 0.5) is 0 Å². The minimum Gasteiger partial charge on any atom is -0.454 e. The molecule has 2 aromatic rings. The molecule has 0 bridgehead atoms. The highest BCUT2D eigenvalue weighted by Crippen LogP contribution is 2.38. The maximum atomic E-state index is 11.4. The molecule has 7 N–H and O–H groups in total. The number of nitrogens with zero attached hydrogens (tertiary/aromatic N) is 4. The van der Waals surface area contributed by atoms with Crippen LogP contribution in [0, 0.1) is 5.41 Å². The van der Waals surface area contributed by atoms with Gasteiger partial charge in [-0.2, -0.15) is 14.8 Å². The zero-order chi connectivity index (χ0) is 23.9. The molecule has 33 heavy (non-hydrogen) atoms. The summed E-state index contributed by atoms with van der Waals surface area (Å²) in [6.07, 6.45) is -5.08. The Morgan fingerprint density at radius 1 is 1.03 bits per heavy atom. The zero-order valence-electron chi connectivity index (χ0n) is 16.8. The van der Waals surface area contributed by atoms with Crippen molar-refractivity contribution < 1.29 is 39.7 Å². The highest BCUT2D eigenvalue weighted by Gasteiger charge is 2.50. The van der Waals surface area contributed by atoms with Crippen LogP contribution in [-0.4, -0.2) is 99.7 Å². The van der Waals surface area contributed by atoms with Gasteiger partial charge in [-0.1, -0.05) is 0 Å². The van der Waals surface area contributed by atoms with E-state index in [0.717, 1.165) is 6.20 Å². The molecule has 8 atom stereocenters. The van der Waals surface area contributed by atoms with Gasteiger partial charge in [0.15, 0.2) is 24.0 Å². The number of nitrogens with one attached hydrogen (secondary N) is 2. The molecule has 0 aliphatic carbocycles. The van der Waals surface area contributed by atoms with Gasteiger partial charge in [0.1, 0.15) is 36.7 Å². The van der Waals surface area contributed by atoms with Gasteiger partial charge in [-0.05, 0) is 6.07 Å². The van der Waals surface area contributed by atoms with Gasteiger partial charge >= 0.3 is 11.7 Å². The average Bonchev–Trinajstić information content (AvgIpc) is 3.39. The Hall–Kier alpha value is -2.99. The molecule has 2 fully saturated rings. The van der Waals surface area contributed by atoms with E-state index in [1.807, 2.05) is 4.98 Å². The second-order valence-corrected chi connectivity index (χ2v) is 7.44. The number of aliphatic hydroxyl groups excluding tert-OH is 5. The summed E-state index contributed by atoms with van der Waals surface area (Å²) in [5.41, 5.74) is -1.45. The number of ether oxygens (including phenoxy) is 3. The van der Waals surface area contributed by atoms with Crippen LogP contribution >= 0.6 is 0 Å². The summed E-state index contributed by atoms with van der Waals surface area (Å²) in [4.78, 5) is 28.0. The molecule has 0 spiro atoms. The van der Waals surface area contributed by atoms with E-state index in [2.05, 4.69) is 10.1 Å². The number of rotatable bonds is 3. The number of aromatic amines is 1. The number of aromatic nitrogens is 5. The van der Waals surface area contributed by atoms with Crippen molar-refractivity contribution in [3.8, 4) is 6.01 Å². The van der Waals surface area contributed by atoms with Crippen molar-refractivity contribution in [3.05, 3.63) is 44.8 Å². The van der Waals surface area contributed by atoms with Gasteiger partial charge in [0.05, 0.1) is 13.2 Å². The number of hydrogen-bond donors (Lipinski definition) is 7. The van der Waals surface area contributed by atoms with Gasteiger partial charge in [0.25, 0.3) is 5.56 Å². The van der Waals surface area contributed by atoms with Crippen LogP contribution in [0.3, 0.4) is 0 Å². The summed E-state index contributed by atoms with van der Waals surface area (Å²) in [7, 11) is 0. The smallest absolute Gasteiger partial charge is 0.347 e. The Labute approximate surface area is 183 Å². The Morgan fingerprint density at radius 2 is 1.70 bits per heavy atom. The lowest BCUT2D eigenvalue weighted by Gasteiger charge is -2.14. The SMILES string of the molecule is N=c1ccn2c(n1)O[C@H]1[C@H](O)[C@@H](CO)O[C@H]12.O=c1cnn([C@@H]2O[C@H](CO)[C@@H](O)[C@H]2O)c(=O)[nH]1. The Morgan fingerprint density at radius 3 is 2.33 bits per heavy atom. The molecule has 3 aliphatic rings. The summed E-state index contributed by atoms with van der Waals surface area (Å²) in [6, 6.07) is 1.77. The first-order chi connectivity index (χ1) is 15.7. The number of hydrogen-bond acceptors (Lipinski definition) is 13. The fraction of sp³-hybridized carbons (Fsp3) is 0.588. The first-order valence-electron chi connectivity index (χ1n) is 9.80. The molecule has 0 aromatic carbocycles. The summed E-state index contributed by atoms with van der Waals surface area (Å²) in [5, 5.41) is 57.6. The Bertz CT molecular complexity index is 1170. The van der Waals surface area contributed by atoms with Crippen LogP contribution in [0.5, 0.6) is 6.01 Å². The third-order valence-corrected chi connectivity index (χ3v) is 5.33. The summed E-state index contributed by atoms with van der Waals surface area (Å²) < 4.78 is 18.2. The van der Waals surface area contributed by atoms with Crippen LogP contribution < -0.4 is 21.5 Å². The van der Waals surface area contributed by atoms with E-state index in [1.165, 1.54) is 6.07 Å². The highest BCUT2D eigenvalue weighted by molar-refractivity contribution is 5.10. The third-order valence-electron chi connectivity index (χ3n) is 5.33. The molecule has 3 aliphatic heterocycles. The molecule has 0 amide bonds. The topological polar surface area (TPSA) is 238 Å². The highest BCUT2D eigenvalue weighted by atomic mass is 16.6. The monoisotopic (exact) mass is 470 g/mol. The van der Waals surface area contributed by atoms with E-state index in [-0.39, 0.29) is 18.1 Å². The number of H-pyrrole nitrogens is 1. The third kappa shape index (κ3) is 4.20. The van der Waals surface area contributed by atoms with Crippen molar-refractivity contribution in [2.24, 2.45) is 0 Å². The minimum absolute atomic E-state index is 0.0967. The maximum absolute atomic E-state index is 11.4. The first kappa shape index (κ1) is 23.2. The molecule has 0 saturated carbocycles. The van der Waals surface area contributed by atoms with E-state index in [0.29, 0.717) is 4.68 Å². The van der Waals surface area contributed by atoms with E-state index in [4.69, 9.17) is 29.8 Å². The van der Waals surface area contributed by atoms with Crippen molar-refractivity contribution in [1.29, 1.82) is 5.41 Å². The molecular weight excluding hydrogens is 448 g/mol. The fourth-order valence-corrected chi connectivity index (χ4v) is 3.66. The van der Waals surface area contributed by atoms with Crippen LogP contribution in [0.15, 0.2) is 28.0 Å². The van der Waals surface area contributed by atoms with Crippen molar-refractivity contribution in [3.63, 3.8) is 0 Å². The molecule has 5 rings (SSSR count). The molecule has 0 radical (unpaired) electrons. The first-order valence-corrected chi connectivity index (χ1v) is 9.80. The van der Waals surface area contributed by atoms with Gasteiger partial charge in [-0.25, -0.2) is 4.79 Å². The average molecular weight is 470 g/mol. The predicted octanol–water partition coefficient (Wildman–Crippen LogP) is -5.08. The van der Waals surface area contributed by atoms with Crippen LogP contribution in [0.2, 0.25) is 0 Å². The second kappa shape index (κ2) is 9.10. The molecule has 2 saturated heterocycles. The molecule has 180 valence electrons. The Balaban J connectivity index is 0.000000157. The molecule has 2 aromatic heterocycles. The second-order valence-electron chi connectivity index (χ2n) is 7.44. The van der Waals surface area contributed by atoms with Crippen LogP contribution in [0.25, 0.3) is 0 Å². The molecule has 0 unspecified atom stereocenters. The lowest BCUT2D eigenvalue weighted by Crippen LogP contribution is -2.39.